The average Bonchev–Trinajstić information content (AvgIpc) is 2.57. The van der Waals surface area contributed by atoms with Crippen LogP contribution < -0.4 is 11.1 Å². The molecular weight excluding hydrogens is 174 g/mol. The van der Waals surface area contributed by atoms with Crippen molar-refractivity contribution in [1.82, 2.24) is 10.3 Å². The molecule has 0 spiro atoms. The third kappa shape index (κ3) is 1.59. The van der Waals surface area contributed by atoms with Gasteiger partial charge in [0.05, 0.1) is 0 Å². The fraction of sp³-hybridized carbons (Fsp3) is 0.273. The Morgan fingerprint density at radius 3 is 3.07 bits per heavy atom. The molecule has 0 atom stereocenters. The topological polar surface area (TPSA) is 53.8 Å². The van der Waals surface area contributed by atoms with Gasteiger partial charge in [0.25, 0.3) is 0 Å². The van der Waals surface area contributed by atoms with Gasteiger partial charge in [-0.25, -0.2) is 0 Å². The number of aromatic amines is 1. The molecular formula is C11H15N3. The molecule has 4 N–H and O–H groups in total. The van der Waals surface area contributed by atoms with Crippen molar-refractivity contribution in [3.63, 3.8) is 0 Å². The summed E-state index contributed by atoms with van der Waals surface area (Å²) in [6.07, 6.45) is 3.10. The van der Waals surface area contributed by atoms with Crippen molar-refractivity contribution in [2.24, 2.45) is 0 Å². The minimum absolute atomic E-state index is 0.805. The largest absolute Gasteiger partial charge is 0.399 e. The van der Waals surface area contributed by atoms with Crippen LogP contribution in [0.25, 0.3) is 10.9 Å². The molecule has 0 bridgehead atoms. The first kappa shape index (κ1) is 9.09. The standard InChI is InChI=1S/C11H15N3/c1-13-5-4-8-7-14-11-6-9(12)2-3-10(8)11/h2-3,6-7,13-14H,4-5,12H2,1H3. The molecule has 0 aliphatic heterocycles. The van der Waals surface area contributed by atoms with Gasteiger partial charge in [-0.2, -0.15) is 0 Å². The summed E-state index contributed by atoms with van der Waals surface area (Å²) < 4.78 is 0. The van der Waals surface area contributed by atoms with Crippen molar-refractivity contribution in [3.05, 3.63) is 30.0 Å². The van der Waals surface area contributed by atoms with Crippen LogP contribution in [0.1, 0.15) is 5.56 Å². The zero-order valence-electron chi connectivity index (χ0n) is 8.30. The number of anilines is 1. The Balaban J connectivity index is 2.37. The number of hydrogen-bond acceptors (Lipinski definition) is 2. The molecule has 2 rings (SSSR count). The van der Waals surface area contributed by atoms with E-state index in [2.05, 4.69) is 22.6 Å². The van der Waals surface area contributed by atoms with Crippen LogP contribution in [-0.4, -0.2) is 18.6 Å². The molecule has 2 aromatic rings. The Labute approximate surface area is 83.3 Å². The van der Waals surface area contributed by atoms with Gasteiger partial charge in [-0.3, -0.25) is 0 Å². The van der Waals surface area contributed by atoms with Gasteiger partial charge in [0.2, 0.25) is 0 Å². The minimum Gasteiger partial charge on any atom is -0.399 e. The van der Waals surface area contributed by atoms with Gasteiger partial charge < -0.3 is 16.0 Å². The third-order valence-corrected chi connectivity index (χ3v) is 2.44. The van der Waals surface area contributed by atoms with Crippen molar-refractivity contribution in [3.8, 4) is 0 Å². The average molecular weight is 189 g/mol. The van der Waals surface area contributed by atoms with Gasteiger partial charge in [0.15, 0.2) is 0 Å². The van der Waals surface area contributed by atoms with Gasteiger partial charge >= 0.3 is 0 Å². The lowest BCUT2D eigenvalue weighted by Crippen LogP contribution is -2.09. The molecule has 0 amide bonds. The molecule has 0 saturated carbocycles. The molecule has 74 valence electrons. The van der Waals surface area contributed by atoms with Gasteiger partial charge in [-0.1, -0.05) is 6.07 Å². The van der Waals surface area contributed by atoms with E-state index in [1.807, 2.05) is 19.2 Å². The summed E-state index contributed by atoms with van der Waals surface area (Å²) in [5, 5.41) is 4.42. The molecule has 0 radical (unpaired) electrons. The summed E-state index contributed by atoms with van der Waals surface area (Å²) >= 11 is 0. The second-order valence-electron chi connectivity index (χ2n) is 3.47. The second-order valence-corrected chi connectivity index (χ2v) is 3.47. The second kappa shape index (κ2) is 3.72. The highest BCUT2D eigenvalue weighted by atomic mass is 14.8. The van der Waals surface area contributed by atoms with E-state index in [9.17, 15) is 0 Å². The lowest BCUT2D eigenvalue weighted by molar-refractivity contribution is 0.795. The van der Waals surface area contributed by atoms with Crippen LogP contribution in [-0.2, 0) is 6.42 Å². The fourth-order valence-corrected chi connectivity index (χ4v) is 1.67. The van der Waals surface area contributed by atoms with Crippen LogP contribution in [0.4, 0.5) is 5.69 Å². The molecule has 0 fully saturated rings. The SMILES string of the molecule is CNCCc1c[nH]c2cc(N)ccc12. The first-order valence-electron chi connectivity index (χ1n) is 4.81. The summed E-state index contributed by atoms with van der Waals surface area (Å²) in [7, 11) is 1.97. The first-order valence-corrected chi connectivity index (χ1v) is 4.81. The number of H-pyrrole nitrogens is 1. The number of aromatic nitrogens is 1. The highest BCUT2D eigenvalue weighted by molar-refractivity contribution is 5.85. The molecule has 0 unspecified atom stereocenters. The van der Waals surface area contributed by atoms with E-state index < -0.39 is 0 Å². The summed E-state index contributed by atoms with van der Waals surface area (Å²) in [5.74, 6) is 0. The molecule has 1 aromatic heterocycles. The lowest BCUT2D eigenvalue weighted by atomic mass is 10.1. The van der Waals surface area contributed by atoms with Crippen molar-refractivity contribution in [2.45, 2.75) is 6.42 Å². The maximum atomic E-state index is 5.70. The minimum atomic E-state index is 0.805. The summed E-state index contributed by atoms with van der Waals surface area (Å²) in [5.41, 5.74) is 8.97. The molecule has 0 saturated heterocycles. The molecule has 1 aromatic carbocycles. The Bertz CT molecular complexity index is 431. The molecule has 3 heteroatoms. The predicted octanol–water partition coefficient (Wildman–Crippen LogP) is 1.51. The van der Waals surface area contributed by atoms with Crippen molar-refractivity contribution >= 4 is 16.6 Å². The number of rotatable bonds is 3. The summed E-state index contributed by atoms with van der Waals surface area (Å²) in [4.78, 5) is 3.23. The third-order valence-electron chi connectivity index (χ3n) is 2.44. The van der Waals surface area contributed by atoms with Crippen molar-refractivity contribution < 1.29 is 0 Å². The Morgan fingerprint density at radius 1 is 1.43 bits per heavy atom. The van der Waals surface area contributed by atoms with Crippen LogP contribution in [0.2, 0.25) is 0 Å². The van der Waals surface area contributed by atoms with Gasteiger partial charge in [0, 0.05) is 22.8 Å². The first-order chi connectivity index (χ1) is 6.81. The zero-order valence-corrected chi connectivity index (χ0v) is 8.30. The Hall–Kier alpha value is -1.48. The van der Waals surface area contributed by atoms with Crippen LogP contribution >= 0.6 is 0 Å². The molecule has 3 nitrogen and oxygen atoms in total. The number of benzene rings is 1. The number of hydrogen-bond donors (Lipinski definition) is 3. The van der Waals surface area contributed by atoms with E-state index in [0.29, 0.717) is 0 Å². The van der Waals surface area contributed by atoms with Gasteiger partial charge in [0.1, 0.15) is 0 Å². The maximum Gasteiger partial charge on any atom is 0.0477 e. The van der Waals surface area contributed by atoms with E-state index in [1.54, 1.807) is 0 Å². The maximum absolute atomic E-state index is 5.70. The molecule has 14 heavy (non-hydrogen) atoms. The Kier molecular flexibility index (Phi) is 2.41. The fourth-order valence-electron chi connectivity index (χ4n) is 1.67. The number of nitrogens with two attached hydrogens (primary N) is 1. The predicted molar refractivity (Wildman–Crippen MR) is 60.3 cm³/mol. The van der Waals surface area contributed by atoms with Crippen molar-refractivity contribution in [1.29, 1.82) is 0 Å². The van der Waals surface area contributed by atoms with E-state index in [4.69, 9.17) is 5.73 Å². The zero-order chi connectivity index (χ0) is 9.97. The molecule has 0 aliphatic carbocycles. The van der Waals surface area contributed by atoms with E-state index in [0.717, 1.165) is 24.2 Å². The van der Waals surface area contributed by atoms with Crippen LogP contribution in [0.15, 0.2) is 24.4 Å². The van der Waals surface area contributed by atoms with Crippen LogP contribution in [0.5, 0.6) is 0 Å². The van der Waals surface area contributed by atoms with Gasteiger partial charge in [-0.05, 0) is 37.7 Å². The van der Waals surface area contributed by atoms with Crippen LogP contribution in [0.3, 0.4) is 0 Å². The van der Waals surface area contributed by atoms with E-state index in [1.165, 1.54) is 10.9 Å². The highest BCUT2D eigenvalue weighted by Gasteiger charge is 2.02. The highest BCUT2D eigenvalue weighted by Crippen LogP contribution is 2.20. The number of nitrogen functional groups attached to an aromatic ring is 1. The van der Waals surface area contributed by atoms with E-state index >= 15 is 0 Å². The monoisotopic (exact) mass is 189 g/mol. The number of nitrogens with one attached hydrogen (secondary N) is 2. The Morgan fingerprint density at radius 2 is 2.29 bits per heavy atom. The summed E-state index contributed by atoms with van der Waals surface area (Å²) in [6.45, 7) is 0.997. The smallest absolute Gasteiger partial charge is 0.0477 e. The molecule has 1 heterocycles. The summed E-state index contributed by atoms with van der Waals surface area (Å²) in [6, 6.07) is 5.99. The quantitative estimate of drug-likeness (QED) is 0.641. The van der Waals surface area contributed by atoms with Gasteiger partial charge in [-0.15, -0.1) is 0 Å². The number of fused-ring (bicyclic) bond motifs is 1. The normalized spacial score (nSPS) is 10.9. The number of likely N-dealkylation sites (N-methyl/N-ethyl adjacent to an activating group) is 1. The van der Waals surface area contributed by atoms with E-state index in [-0.39, 0.29) is 0 Å². The molecule has 0 aliphatic rings. The van der Waals surface area contributed by atoms with Crippen molar-refractivity contribution in [2.75, 3.05) is 19.3 Å². The lowest BCUT2D eigenvalue weighted by Gasteiger charge is -1.98. The van der Waals surface area contributed by atoms with Crippen LogP contribution in [0, 0.1) is 0 Å².